The van der Waals surface area contributed by atoms with Crippen LogP contribution in [0.3, 0.4) is 0 Å². The van der Waals surface area contributed by atoms with Gasteiger partial charge in [0.15, 0.2) is 6.10 Å². The van der Waals surface area contributed by atoms with Crippen LogP contribution >= 0.6 is 0 Å². The van der Waals surface area contributed by atoms with Crippen LogP contribution in [-0.4, -0.2) is 37.2 Å². The van der Waals surface area contributed by atoms with Crippen LogP contribution in [0.4, 0.5) is 0 Å². The molecule has 1 atom stereocenters. The molecule has 0 saturated carbocycles. The molecule has 0 saturated heterocycles. The van der Waals surface area contributed by atoms with Crippen LogP contribution < -0.4 is 0 Å². The Balaban J connectivity index is 4.29. The van der Waals surface area contributed by atoms with Crippen molar-refractivity contribution in [2.45, 2.75) is 284 Å². The first-order chi connectivity index (χ1) is 39.0. The van der Waals surface area contributed by atoms with Crippen molar-refractivity contribution >= 4 is 17.9 Å². The second kappa shape index (κ2) is 65.8. The van der Waals surface area contributed by atoms with Crippen molar-refractivity contribution in [2.75, 3.05) is 13.2 Å². The third-order valence-corrected chi connectivity index (χ3v) is 13.3. The van der Waals surface area contributed by atoms with E-state index in [-0.39, 0.29) is 31.1 Å². The van der Waals surface area contributed by atoms with Crippen LogP contribution in [0.15, 0.2) is 146 Å². The number of hydrogen-bond acceptors (Lipinski definition) is 6. The van der Waals surface area contributed by atoms with Gasteiger partial charge in [-0.2, -0.15) is 0 Å². The molecule has 0 fully saturated rings. The molecule has 79 heavy (non-hydrogen) atoms. The normalized spacial score (nSPS) is 13.1. The molecule has 0 rings (SSSR count). The summed E-state index contributed by atoms with van der Waals surface area (Å²) in [5, 5.41) is 0. The van der Waals surface area contributed by atoms with E-state index in [1.165, 1.54) is 77.0 Å². The second-order valence-electron chi connectivity index (χ2n) is 20.9. The predicted octanol–water partition coefficient (Wildman–Crippen LogP) is 22.3. The highest BCUT2D eigenvalue weighted by molar-refractivity contribution is 5.71. The fourth-order valence-electron chi connectivity index (χ4n) is 8.50. The van der Waals surface area contributed by atoms with Gasteiger partial charge >= 0.3 is 17.9 Å². The summed E-state index contributed by atoms with van der Waals surface area (Å²) < 4.78 is 16.8. The highest BCUT2D eigenvalue weighted by Gasteiger charge is 2.19. The molecule has 0 aliphatic carbocycles. The van der Waals surface area contributed by atoms with Crippen LogP contribution in [0, 0.1) is 0 Å². The summed E-state index contributed by atoms with van der Waals surface area (Å²) in [5.74, 6) is -0.929. The van der Waals surface area contributed by atoms with Crippen LogP contribution in [0.1, 0.15) is 278 Å². The summed E-state index contributed by atoms with van der Waals surface area (Å²) in [6.07, 6.45) is 94.3. The monoisotopic (exact) mass is 1090 g/mol. The Bertz CT molecular complexity index is 1730. The van der Waals surface area contributed by atoms with Crippen molar-refractivity contribution in [3.8, 4) is 0 Å². The van der Waals surface area contributed by atoms with E-state index in [2.05, 4.69) is 167 Å². The van der Waals surface area contributed by atoms with E-state index >= 15 is 0 Å². The quantitative estimate of drug-likeness (QED) is 0.0261. The summed E-state index contributed by atoms with van der Waals surface area (Å²) >= 11 is 0. The Kier molecular flexibility index (Phi) is 61.9. The molecular weight excluding hydrogens is 973 g/mol. The Hall–Kier alpha value is -4.71. The average Bonchev–Trinajstić information content (AvgIpc) is 3.45. The van der Waals surface area contributed by atoms with Gasteiger partial charge < -0.3 is 14.2 Å². The second-order valence-corrected chi connectivity index (χ2v) is 20.9. The van der Waals surface area contributed by atoms with Crippen molar-refractivity contribution in [1.82, 2.24) is 0 Å². The fourth-order valence-corrected chi connectivity index (χ4v) is 8.50. The number of ether oxygens (including phenoxy) is 3. The predicted molar refractivity (Wildman–Crippen MR) is 343 cm³/mol. The maximum atomic E-state index is 12.9. The molecular formula is C73H118O6. The molecule has 0 amide bonds. The van der Waals surface area contributed by atoms with E-state index in [1.54, 1.807) is 0 Å². The number of esters is 3. The molecule has 0 aromatic heterocycles. The largest absolute Gasteiger partial charge is 0.462 e. The van der Waals surface area contributed by atoms with Gasteiger partial charge in [0.25, 0.3) is 0 Å². The molecule has 6 nitrogen and oxygen atoms in total. The topological polar surface area (TPSA) is 78.9 Å². The molecule has 0 heterocycles. The zero-order chi connectivity index (χ0) is 57.1. The summed E-state index contributed by atoms with van der Waals surface area (Å²) in [6.45, 7) is 6.45. The van der Waals surface area contributed by atoms with E-state index < -0.39 is 6.10 Å². The van der Waals surface area contributed by atoms with Gasteiger partial charge in [0, 0.05) is 19.3 Å². The maximum absolute atomic E-state index is 12.9. The standard InChI is InChI=1S/C73H118O6/c1-4-7-10-13-16-19-21-23-25-27-29-30-31-32-33-34-35-36-37-38-39-40-41-42-44-45-47-49-51-54-57-60-63-66-72(75)78-69-70(68-77-71(74)65-62-59-56-53-18-15-12-9-6-3)79-73(76)67-64-61-58-55-52-50-48-46-43-28-26-24-22-20-17-14-11-8-5-2/h7,10,16-17,19-20,23-26,29-30,32-33,35-36,38-39,41-43,45-47,70H,4-6,8-9,11-15,18,21-22,27-28,31,34,37,40,44,48-69H2,1-3H3/b10-7-,19-16-,20-17-,25-23-,26-24-,30-29-,33-32-,36-35-,39-38-,42-41-,46-43-,47-45-. The molecule has 0 aliphatic rings. The van der Waals surface area contributed by atoms with Crippen LogP contribution in [0.2, 0.25) is 0 Å². The van der Waals surface area contributed by atoms with E-state index in [1.807, 2.05) is 0 Å². The first-order valence-electron chi connectivity index (χ1n) is 32.3. The molecule has 0 aliphatic heterocycles. The highest BCUT2D eigenvalue weighted by Crippen LogP contribution is 2.14. The SMILES string of the molecule is CC/C=C\C/C=C\C/C=C\C/C=C\C/C=C\C/C=C\C/C=C\C/C=C\C/C=C\CCCCCCCC(=O)OCC(COC(=O)CCCCCCCCCCC)OC(=O)CCCCCCCC/C=C\C/C=C\C/C=C\CCCCC. The molecule has 0 spiro atoms. The van der Waals surface area contributed by atoms with Crippen LogP contribution in [-0.2, 0) is 28.6 Å². The minimum absolute atomic E-state index is 0.0923. The van der Waals surface area contributed by atoms with Crippen LogP contribution in [0.25, 0.3) is 0 Å². The number of rotatable bonds is 57. The van der Waals surface area contributed by atoms with E-state index in [0.29, 0.717) is 19.3 Å². The third kappa shape index (κ3) is 64.0. The molecule has 0 N–H and O–H groups in total. The smallest absolute Gasteiger partial charge is 0.306 e. The highest BCUT2D eigenvalue weighted by atomic mass is 16.6. The van der Waals surface area contributed by atoms with E-state index in [0.717, 1.165) is 161 Å². The Labute approximate surface area is 487 Å². The zero-order valence-corrected chi connectivity index (χ0v) is 51.1. The summed E-state index contributed by atoms with van der Waals surface area (Å²) in [6, 6.07) is 0. The number of allylic oxidation sites excluding steroid dienone is 24. The van der Waals surface area contributed by atoms with Gasteiger partial charge in [-0.3, -0.25) is 14.4 Å². The minimum atomic E-state index is -0.797. The van der Waals surface area contributed by atoms with E-state index in [4.69, 9.17) is 14.2 Å². The molecule has 446 valence electrons. The Morgan fingerprint density at radius 2 is 0.494 bits per heavy atom. The van der Waals surface area contributed by atoms with Gasteiger partial charge in [0.2, 0.25) is 0 Å². The van der Waals surface area contributed by atoms with E-state index in [9.17, 15) is 14.4 Å². The minimum Gasteiger partial charge on any atom is -0.462 e. The average molecular weight is 1090 g/mol. The zero-order valence-electron chi connectivity index (χ0n) is 51.1. The van der Waals surface area contributed by atoms with Gasteiger partial charge in [0.05, 0.1) is 0 Å². The lowest BCUT2D eigenvalue weighted by molar-refractivity contribution is -0.167. The molecule has 1 unspecified atom stereocenters. The van der Waals surface area contributed by atoms with Crippen molar-refractivity contribution in [1.29, 1.82) is 0 Å². The van der Waals surface area contributed by atoms with Crippen LogP contribution in [0.5, 0.6) is 0 Å². The van der Waals surface area contributed by atoms with Gasteiger partial charge in [0.1, 0.15) is 13.2 Å². The maximum Gasteiger partial charge on any atom is 0.306 e. The third-order valence-electron chi connectivity index (χ3n) is 13.3. The summed E-state index contributed by atoms with van der Waals surface area (Å²) in [7, 11) is 0. The lowest BCUT2D eigenvalue weighted by Gasteiger charge is -2.18. The van der Waals surface area contributed by atoms with Gasteiger partial charge in [-0.05, 0) is 128 Å². The molecule has 0 radical (unpaired) electrons. The number of hydrogen-bond donors (Lipinski definition) is 0. The summed E-state index contributed by atoms with van der Waals surface area (Å²) in [5.41, 5.74) is 0. The lowest BCUT2D eigenvalue weighted by Crippen LogP contribution is -2.30. The van der Waals surface area contributed by atoms with Gasteiger partial charge in [-0.1, -0.05) is 276 Å². The Morgan fingerprint density at radius 1 is 0.266 bits per heavy atom. The fraction of sp³-hybridized carbons (Fsp3) is 0.630. The molecule has 0 aromatic carbocycles. The van der Waals surface area contributed by atoms with Gasteiger partial charge in [-0.15, -0.1) is 0 Å². The van der Waals surface area contributed by atoms with Crippen molar-refractivity contribution < 1.29 is 28.6 Å². The van der Waals surface area contributed by atoms with Crippen molar-refractivity contribution in [3.63, 3.8) is 0 Å². The van der Waals surface area contributed by atoms with Crippen molar-refractivity contribution in [2.24, 2.45) is 0 Å². The number of carbonyl (C=O) groups excluding carboxylic acids is 3. The molecule has 6 heteroatoms. The number of carbonyl (C=O) groups is 3. The lowest BCUT2D eigenvalue weighted by atomic mass is 10.1. The summed E-state index contributed by atoms with van der Waals surface area (Å²) in [4.78, 5) is 38.2. The van der Waals surface area contributed by atoms with Gasteiger partial charge in [-0.25, -0.2) is 0 Å². The Morgan fingerprint density at radius 3 is 0.797 bits per heavy atom. The van der Waals surface area contributed by atoms with Crippen molar-refractivity contribution in [3.05, 3.63) is 146 Å². The molecule has 0 aromatic rings. The first kappa shape index (κ1) is 74.3. The number of unbranched alkanes of at least 4 members (excludes halogenated alkanes) is 22. The first-order valence-corrected chi connectivity index (χ1v) is 32.3. The molecule has 0 bridgehead atoms.